The molecule has 1 spiro atoms. The lowest BCUT2D eigenvalue weighted by Gasteiger charge is -2.46. The zero-order chi connectivity index (χ0) is 22.0. The van der Waals surface area contributed by atoms with Crippen molar-refractivity contribution < 1.29 is 9.53 Å². The smallest absolute Gasteiger partial charge is 0.410 e. The number of piperidine rings is 1. The Hall–Kier alpha value is -3.90. The number of rotatable bonds is 4. The number of likely N-dealkylation sites (tertiary alicyclic amines) is 1. The molecule has 8 nitrogen and oxygen atoms in total. The Balaban J connectivity index is 1.31. The second-order valence-electron chi connectivity index (χ2n) is 8.24. The van der Waals surface area contributed by atoms with Crippen LogP contribution >= 0.6 is 0 Å². The summed E-state index contributed by atoms with van der Waals surface area (Å²) in [5, 5.41) is 7.44. The van der Waals surface area contributed by atoms with Gasteiger partial charge in [-0.2, -0.15) is 0 Å². The number of fused-ring (bicyclic) bond motifs is 4. The number of amides is 1. The first-order valence-electron chi connectivity index (χ1n) is 10.7. The lowest BCUT2D eigenvalue weighted by molar-refractivity contribution is 0.0794. The van der Waals surface area contributed by atoms with Gasteiger partial charge < -0.3 is 19.5 Å². The number of nitrogens with zero attached hydrogens (tertiary/aromatic N) is 5. The van der Waals surface area contributed by atoms with Crippen molar-refractivity contribution in [2.75, 3.05) is 18.4 Å². The standard InChI is InChI=1S/C24H24N6O2/c25-28-26-16-19-8-9-21-20(15-19)27-24(22-7-4-12-30(21)22)10-13-29(14-11-24)23(31)32-17-18-5-2-1-3-6-18/h1-9,12,15,27H,10-11,13-14,16-17H2. The largest absolute Gasteiger partial charge is 0.445 e. The fraction of sp³-hybridized carbons (Fsp3) is 0.292. The summed E-state index contributed by atoms with van der Waals surface area (Å²) in [7, 11) is 0. The molecule has 1 aromatic heterocycles. The van der Waals surface area contributed by atoms with Crippen molar-refractivity contribution in [2.45, 2.75) is 31.5 Å². The number of aromatic nitrogens is 1. The number of hydrogen-bond donors (Lipinski definition) is 1. The zero-order valence-electron chi connectivity index (χ0n) is 17.6. The van der Waals surface area contributed by atoms with Crippen molar-refractivity contribution in [1.82, 2.24) is 9.47 Å². The van der Waals surface area contributed by atoms with E-state index in [4.69, 9.17) is 10.3 Å². The summed E-state index contributed by atoms with van der Waals surface area (Å²) in [6, 6.07) is 20.0. The molecular formula is C24H24N6O2. The van der Waals surface area contributed by atoms with Crippen molar-refractivity contribution in [3.63, 3.8) is 0 Å². The van der Waals surface area contributed by atoms with E-state index in [0.29, 0.717) is 19.6 Å². The van der Waals surface area contributed by atoms with Crippen LogP contribution in [0, 0.1) is 0 Å². The molecule has 1 N–H and O–H groups in total. The monoisotopic (exact) mass is 428 g/mol. The topological polar surface area (TPSA) is 95.3 Å². The molecule has 2 aromatic carbocycles. The van der Waals surface area contributed by atoms with Gasteiger partial charge in [-0.05, 0) is 53.8 Å². The molecule has 2 aliphatic heterocycles. The first-order valence-corrected chi connectivity index (χ1v) is 10.7. The molecule has 0 saturated carbocycles. The van der Waals surface area contributed by atoms with Gasteiger partial charge >= 0.3 is 6.09 Å². The highest BCUT2D eigenvalue weighted by Gasteiger charge is 2.42. The van der Waals surface area contributed by atoms with Gasteiger partial charge in [0.25, 0.3) is 0 Å². The molecule has 3 heterocycles. The van der Waals surface area contributed by atoms with Gasteiger partial charge in [-0.1, -0.05) is 41.5 Å². The van der Waals surface area contributed by atoms with Crippen molar-refractivity contribution >= 4 is 11.8 Å². The lowest BCUT2D eigenvalue weighted by atomic mass is 9.82. The summed E-state index contributed by atoms with van der Waals surface area (Å²) in [4.78, 5) is 17.3. The van der Waals surface area contributed by atoms with Crippen LogP contribution in [0.2, 0.25) is 0 Å². The van der Waals surface area contributed by atoms with Gasteiger partial charge in [0.2, 0.25) is 0 Å². The van der Waals surface area contributed by atoms with Crippen LogP contribution in [0.15, 0.2) is 72.0 Å². The molecule has 1 saturated heterocycles. The highest BCUT2D eigenvalue weighted by molar-refractivity contribution is 5.70. The number of carbonyl (C=O) groups excluding carboxylic acids is 1. The van der Waals surface area contributed by atoms with E-state index in [1.165, 1.54) is 5.69 Å². The Morgan fingerprint density at radius 3 is 2.69 bits per heavy atom. The van der Waals surface area contributed by atoms with E-state index in [0.717, 1.165) is 35.3 Å². The first kappa shape index (κ1) is 20.0. The molecule has 0 radical (unpaired) electrons. The van der Waals surface area contributed by atoms with Gasteiger partial charge in [0.1, 0.15) is 6.61 Å². The van der Waals surface area contributed by atoms with Crippen LogP contribution < -0.4 is 5.32 Å². The van der Waals surface area contributed by atoms with E-state index in [1.54, 1.807) is 4.90 Å². The second kappa shape index (κ2) is 8.32. The lowest BCUT2D eigenvalue weighted by Crippen LogP contribution is -2.51. The summed E-state index contributed by atoms with van der Waals surface area (Å²) in [6.07, 6.45) is 3.35. The molecule has 0 bridgehead atoms. The molecule has 0 unspecified atom stereocenters. The van der Waals surface area contributed by atoms with E-state index in [2.05, 4.69) is 50.4 Å². The van der Waals surface area contributed by atoms with Gasteiger partial charge in [0.05, 0.1) is 23.5 Å². The third kappa shape index (κ3) is 3.65. The van der Waals surface area contributed by atoms with Crippen molar-refractivity contribution in [2.24, 2.45) is 5.11 Å². The minimum atomic E-state index is -0.271. The number of nitrogens with one attached hydrogen (secondary N) is 1. The van der Waals surface area contributed by atoms with Gasteiger partial charge in [-0.25, -0.2) is 4.79 Å². The predicted molar refractivity (Wildman–Crippen MR) is 121 cm³/mol. The Bertz CT molecular complexity index is 1170. The van der Waals surface area contributed by atoms with E-state index in [1.807, 2.05) is 36.4 Å². The van der Waals surface area contributed by atoms with Crippen LogP contribution in [0.25, 0.3) is 16.1 Å². The Labute approximate surface area is 186 Å². The van der Waals surface area contributed by atoms with Crippen LogP contribution in [-0.2, 0) is 23.4 Å². The van der Waals surface area contributed by atoms with E-state index in [9.17, 15) is 4.79 Å². The first-order chi connectivity index (χ1) is 15.7. The fourth-order valence-corrected chi connectivity index (χ4v) is 4.67. The summed E-state index contributed by atoms with van der Waals surface area (Å²) in [6.45, 7) is 1.82. The second-order valence-corrected chi connectivity index (χ2v) is 8.24. The van der Waals surface area contributed by atoms with Crippen LogP contribution in [0.1, 0.15) is 29.7 Å². The number of ether oxygens (including phenoxy) is 1. The van der Waals surface area contributed by atoms with Gasteiger partial charge in [0, 0.05) is 29.9 Å². The number of hydrogen-bond acceptors (Lipinski definition) is 4. The van der Waals surface area contributed by atoms with Gasteiger partial charge in [0.15, 0.2) is 0 Å². The van der Waals surface area contributed by atoms with Crippen molar-refractivity contribution in [3.8, 4) is 5.69 Å². The van der Waals surface area contributed by atoms with Crippen molar-refractivity contribution in [3.05, 3.63) is 94.1 Å². The van der Waals surface area contributed by atoms with Crippen molar-refractivity contribution in [1.29, 1.82) is 0 Å². The molecule has 8 heteroatoms. The maximum Gasteiger partial charge on any atom is 0.410 e. The van der Waals surface area contributed by atoms with E-state index < -0.39 is 0 Å². The molecule has 3 aromatic rings. The molecule has 1 amide bonds. The Morgan fingerprint density at radius 2 is 1.91 bits per heavy atom. The highest BCUT2D eigenvalue weighted by atomic mass is 16.6. The molecule has 5 rings (SSSR count). The van der Waals surface area contributed by atoms with Crippen LogP contribution in [0.5, 0.6) is 0 Å². The summed E-state index contributed by atoms with van der Waals surface area (Å²) in [5.74, 6) is 0. The SMILES string of the molecule is [N-]=[N+]=NCc1ccc2c(c1)NC1(CCN(C(=O)OCc3ccccc3)CC1)c1cccn1-2. The predicted octanol–water partition coefficient (Wildman–Crippen LogP) is 5.34. The minimum absolute atomic E-state index is 0.260. The molecule has 2 aliphatic rings. The summed E-state index contributed by atoms with van der Waals surface area (Å²) >= 11 is 0. The summed E-state index contributed by atoms with van der Waals surface area (Å²) < 4.78 is 7.74. The fourth-order valence-electron chi connectivity index (χ4n) is 4.67. The maximum atomic E-state index is 12.6. The Morgan fingerprint density at radius 1 is 1.09 bits per heavy atom. The average Bonchev–Trinajstić information content (AvgIpc) is 3.34. The van der Waals surface area contributed by atoms with Crippen LogP contribution in [0.4, 0.5) is 10.5 Å². The summed E-state index contributed by atoms with van der Waals surface area (Å²) in [5.41, 5.74) is 13.6. The number of anilines is 1. The number of benzene rings is 2. The van der Waals surface area contributed by atoms with Crippen LogP contribution in [-0.4, -0.2) is 28.6 Å². The molecular weight excluding hydrogens is 404 g/mol. The van der Waals surface area contributed by atoms with Crippen LogP contribution in [0.3, 0.4) is 0 Å². The number of azide groups is 1. The Kier molecular flexibility index (Phi) is 5.21. The zero-order valence-corrected chi connectivity index (χ0v) is 17.6. The quantitative estimate of drug-likeness (QED) is 0.345. The molecule has 32 heavy (non-hydrogen) atoms. The molecule has 162 valence electrons. The number of carbonyl (C=O) groups is 1. The van der Waals surface area contributed by atoms with E-state index >= 15 is 0 Å². The third-order valence-corrected chi connectivity index (χ3v) is 6.33. The third-order valence-electron chi connectivity index (χ3n) is 6.33. The minimum Gasteiger partial charge on any atom is -0.445 e. The maximum absolute atomic E-state index is 12.6. The molecule has 0 aliphatic carbocycles. The molecule has 1 fully saturated rings. The highest BCUT2D eigenvalue weighted by Crippen LogP contribution is 2.43. The molecule has 0 atom stereocenters. The average molecular weight is 428 g/mol. The van der Waals surface area contributed by atoms with E-state index in [-0.39, 0.29) is 18.2 Å². The van der Waals surface area contributed by atoms with Gasteiger partial charge in [-0.15, -0.1) is 0 Å². The normalized spacial score (nSPS) is 15.8. The van der Waals surface area contributed by atoms with Gasteiger partial charge in [-0.3, -0.25) is 0 Å².